The Morgan fingerprint density at radius 1 is 1.25 bits per heavy atom. The molecule has 1 aromatic carbocycles. The summed E-state index contributed by atoms with van der Waals surface area (Å²) >= 11 is 1.47. The van der Waals surface area contributed by atoms with Gasteiger partial charge in [-0.15, -0.1) is 11.3 Å². The Balaban J connectivity index is 2.44. The molecular weight excluding hydrogens is 220 g/mol. The molecule has 2 aromatic rings. The molecule has 0 aliphatic heterocycles. The molecule has 0 bridgehead atoms. The molecule has 0 aliphatic carbocycles. The van der Waals surface area contributed by atoms with Crippen LogP contribution in [0, 0.1) is 6.92 Å². The predicted molar refractivity (Wildman–Crippen MR) is 65.8 cm³/mol. The predicted octanol–water partition coefficient (Wildman–Crippen LogP) is 3.51. The van der Waals surface area contributed by atoms with E-state index < -0.39 is 0 Å². The summed E-state index contributed by atoms with van der Waals surface area (Å²) in [5.41, 5.74) is 2.25. The molecule has 2 nitrogen and oxygen atoms in total. The summed E-state index contributed by atoms with van der Waals surface area (Å²) in [7, 11) is 1.40. The van der Waals surface area contributed by atoms with E-state index in [4.69, 9.17) is 4.74 Å². The highest BCUT2D eigenvalue weighted by Crippen LogP contribution is 2.32. The number of carbonyl (C=O) groups is 1. The normalized spacial score (nSPS) is 10.1. The van der Waals surface area contributed by atoms with Gasteiger partial charge in [0.05, 0.1) is 7.11 Å². The van der Waals surface area contributed by atoms with Crippen LogP contribution in [0.25, 0.3) is 10.4 Å². The smallest absolute Gasteiger partial charge is 0.348 e. The molecule has 0 radical (unpaired) electrons. The van der Waals surface area contributed by atoms with E-state index in [-0.39, 0.29) is 5.97 Å². The zero-order valence-electron chi connectivity index (χ0n) is 9.19. The Morgan fingerprint density at radius 3 is 2.56 bits per heavy atom. The van der Waals surface area contributed by atoms with Gasteiger partial charge < -0.3 is 4.74 Å². The Hall–Kier alpha value is -1.61. The molecule has 3 heteroatoms. The van der Waals surface area contributed by atoms with Crippen molar-refractivity contribution in [3.05, 3.63) is 46.8 Å². The molecule has 1 aromatic heterocycles. The van der Waals surface area contributed by atoms with Gasteiger partial charge in [0.2, 0.25) is 0 Å². The largest absolute Gasteiger partial charge is 0.465 e. The van der Waals surface area contributed by atoms with Crippen molar-refractivity contribution >= 4 is 17.3 Å². The molecule has 0 atom stereocenters. The molecule has 16 heavy (non-hydrogen) atoms. The highest BCUT2D eigenvalue weighted by atomic mass is 32.1. The van der Waals surface area contributed by atoms with Crippen LogP contribution >= 0.6 is 11.3 Å². The first-order valence-electron chi connectivity index (χ1n) is 4.96. The van der Waals surface area contributed by atoms with E-state index >= 15 is 0 Å². The van der Waals surface area contributed by atoms with E-state index in [9.17, 15) is 4.79 Å². The van der Waals surface area contributed by atoms with Crippen LogP contribution in [0.5, 0.6) is 0 Å². The van der Waals surface area contributed by atoms with Gasteiger partial charge in [0.15, 0.2) is 0 Å². The molecule has 0 aliphatic rings. The summed E-state index contributed by atoms with van der Waals surface area (Å²) in [6.45, 7) is 2.01. The molecule has 0 unspecified atom stereocenters. The lowest BCUT2D eigenvalue weighted by Crippen LogP contribution is -1.96. The van der Waals surface area contributed by atoms with E-state index in [1.165, 1.54) is 18.4 Å². The first-order chi connectivity index (χ1) is 7.72. The third-order valence-electron chi connectivity index (χ3n) is 2.34. The maximum absolute atomic E-state index is 11.4. The molecule has 0 amide bonds. The number of methoxy groups -OCH3 is 1. The lowest BCUT2D eigenvalue weighted by Gasteiger charge is -1.97. The quantitative estimate of drug-likeness (QED) is 0.741. The standard InChI is InChI=1S/C13H12O2S/c1-9-8-11(13(14)15-2)16-12(9)10-6-4-3-5-7-10/h3-8H,1-2H3. The molecule has 0 saturated heterocycles. The third kappa shape index (κ3) is 1.99. The molecular formula is C13H12O2S. The average molecular weight is 232 g/mol. The molecule has 2 rings (SSSR count). The van der Waals surface area contributed by atoms with E-state index in [1.54, 1.807) is 0 Å². The number of ether oxygens (including phenoxy) is 1. The fourth-order valence-corrected chi connectivity index (χ4v) is 2.66. The number of hydrogen-bond acceptors (Lipinski definition) is 3. The molecule has 0 fully saturated rings. The Kier molecular flexibility index (Phi) is 3.06. The van der Waals surface area contributed by atoms with Gasteiger partial charge in [0.25, 0.3) is 0 Å². The second-order valence-corrected chi connectivity index (χ2v) is 4.53. The van der Waals surface area contributed by atoms with Gasteiger partial charge in [-0.3, -0.25) is 0 Å². The van der Waals surface area contributed by atoms with Crippen LogP contribution in [-0.4, -0.2) is 13.1 Å². The van der Waals surface area contributed by atoms with Crippen molar-refractivity contribution in [1.29, 1.82) is 0 Å². The van der Waals surface area contributed by atoms with E-state index in [1.807, 2.05) is 43.3 Å². The van der Waals surface area contributed by atoms with E-state index in [2.05, 4.69) is 0 Å². The number of thiophene rings is 1. The van der Waals surface area contributed by atoms with Gasteiger partial charge in [0, 0.05) is 4.88 Å². The van der Waals surface area contributed by atoms with Gasteiger partial charge in [-0.2, -0.15) is 0 Å². The van der Waals surface area contributed by atoms with E-state index in [0.29, 0.717) is 4.88 Å². The Labute approximate surface area is 98.5 Å². The number of hydrogen-bond donors (Lipinski definition) is 0. The van der Waals surface area contributed by atoms with Crippen molar-refractivity contribution in [2.45, 2.75) is 6.92 Å². The van der Waals surface area contributed by atoms with Gasteiger partial charge in [-0.05, 0) is 24.1 Å². The van der Waals surface area contributed by atoms with Crippen LogP contribution in [0.4, 0.5) is 0 Å². The van der Waals surface area contributed by atoms with Crippen molar-refractivity contribution in [1.82, 2.24) is 0 Å². The van der Waals surface area contributed by atoms with Crippen molar-refractivity contribution in [3.63, 3.8) is 0 Å². The minimum Gasteiger partial charge on any atom is -0.465 e. The fraction of sp³-hybridized carbons (Fsp3) is 0.154. The summed E-state index contributed by atoms with van der Waals surface area (Å²) in [5, 5.41) is 0. The molecule has 0 spiro atoms. The van der Waals surface area contributed by atoms with Gasteiger partial charge >= 0.3 is 5.97 Å². The second-order valence-electron chi connectivity index (χ2n) is 3.48. The zero-order valence-corrected chi connectivity index (χ0v) is 10.0. The number of rotatable bonds is 2. The molecule has 0 saturated carbocycles. The van der Waals surface area contributed by atoms with Crippen molar-refractivity contribution in [3.8, 4) is 10.4 Å². The molecule has 0 N–H and O–H groups in total. The first-order valence-corrected chi connectivity index (χ1v) is 5.78. The number of carbonyl (C=O) groups excluding carboxylic acids is 1. The Morgan fingerprint density at radius 2 is 1.94 bits per heavy atom. The van der Waals surface area contributed by atoms with Crippen LogP contribution in [0.3, 0.4) is 0 Å². The fourth-order valence-electron chi connectivity index (χ4n) is 1.56. The van der Waals surface area contributed by atoms with Gasteiger partial charge in [-0.25, -0.2) is 4.79 Å². The average Bonchev–Trinajstić information content (AvgIpc) is 2.71. The third-order valence-corrected chi connectivity index (χ3v) is 3.61. The lowest BCUT2D eigenvalue weighted by atomic mass is 10.1. The highest BCUT2D eigenvalue weighted by Gasteiger charge is 2.13. The van der Waals surface area contributed by atoms with Crippen molar-refractivity contribution < 1.29 is 9.53 Å². The van der Waals surface area contributed by atoms with Crippen LogP contribution in [0.2, 0.25) is 0 Å². The first kappa shape index (κ1) is 10.9. The second kappa shape index (κ2) is 4.49. The summed E-state index contributed by atoms with van der Waals surface area (Å²) < 4.78 is 4.71. The maximum Gasteiger partial charge on any atom is 0.348 e. The molecule has 82 valence electrons. The molecule has 1 heterocycles. The SMILES string of the molecule is COC(=O)c1cc(C)c(-c2ccccc2)s1. The minimum atomic E-state index is -0.268. The van der Waals surface area contributed by atoms with Gasteiger partial charge in [0.1, 0.15) is 4.88 Å². The lowest BCUT2D eigenvalue weighted by molar-refractivity contribution is 0.0606. The van der Waals surface area contributed by atoms with Crippen LogP contribution in [0.15, 0.2) is 36.4 Å². The summed E-state index contributed by atoms with van der Waals surface area (Å²) in [4.78, 5) is 13.2. The zero-order chi connectivity index (χ0) is 11.5. The Bertz CT molecular complexity index is 500. The number of aryl methyl sites for hydroxylation is 1. The monoisotopic (exact) mass is 232 g/mol. The maximum atomic E-state index is 11.4. The summed E-state index contributed by atoms with van der Waals surface area (Å²) in [6, 6.07) is 11.9. The summed E-state index contributed by atoms with van der Waals surface area (Å²) in [5.74, 6) is -0.268. The van der Waals surface area contributed by atoms with Crippen molar-refractivity contribution in [2.24, 2.45) is 0 Å². The highest BCUT2D eigenvalue weighted by molar-refractivity contribution is 7.17. The van der Waals surface area contributed by atoms with Crippen LogP contribution < -0.4 is 0 Å². The van der Waals surface area contributed by atoms with Crippen LogP contribution in [0.1, 0.15) is 15.2 Å². The number of benzene rings is 1. The topological polar surface area (TPSA) is 26.3 Å². The van der Waals surface area contributed by atoms with E-state index in [0.717, 1.165) is 16.0 Å². The van der Waals surface area contributed by atoms with Crippen LogP contribution in [-0.2, 0) is 4.74 Å². The summed E-state index contributed by atoms with van der Waals surface area (Å²) in [6.07, 6.45) is 0. The van der Waals surface area contributed by atoms with Gasteiger partial charge in [-0.1, -0.05) is 30.3 Å². The number of esters is 1. The van der Waals surface area contributed by atoms with Crippen molar-refractivity contribution in [2.75, 3.05) is 7.11 Å². The minimum absolute atomic E-state index is 0.268.